The van der Waals surface area contributed by atoms with Crippen molar-refractivity contribution < 1.29 is 24.1 Å². The molecule has 0 spiro atoms. The first-order chi connectivity index (χ1) is 11.1. The summed E-state index contributed by atoms with van der Waals surface area (Å²) in [6, 6.07) is 10.2. The topological polar surface area (TPSA) is 79.9 Å². The van der Waals surface area contributed by atoms with Gasteiger partial charge in [0.2, 0.25) is 5.75 Å². The molecule has 122 valence electrons. The lowest BCUT2D eigenvalue weighted by molar-refractivity contribution is -0.254. The van der Waals surface area contributed by atoms with Crippen LogP contribution in [-0.4, -0.2) is 27.3 Å². The van der Waals surface area contributed by atoms with Crippen molar-refractivity contribution in [1.82, 2.24) is 0 Å². The number of carboxylic acid groups (broad SMARTS) is 1. The van der Waals surface area contributed by atoms with Crippen LogP contribution in [0.15, 0.2) is 36.4 Å². The number of carbonyl (C=O) groups excluding carboxylic acids is 1. The zero-order chi connectivity index (χ0) is 16.8. The molecule has 0 aliphatic rings. The summed E-state index contributed by atoms with van der Waals surface area (Å²) in [4.78, 5) is 11.1. The van der Waals surface area contributed by atoms with Crippen molar-refractivity contribution in [2.45, 2.75) is 6.54 Å². The van der Waals surface area contributed by atoms with Crippen molar-refractivity contribution in [1.29, 1.82) is 0 Å². The Kier molecular flexibility index (Phi) is 5.30. The Morgan fingerprint density at radius 2 is 1.70 bits per heavy atom. The van der Waals surface area contributed by atoms with Crippen molar-refractivity contribution in [2.24, 2.45) is 0 Å². The minimum absolute atomic E-state index is 0.104. The number of aromatic carboxylic acids is 1. The minimum Gasteiger partial charge on any atom is -0.545 e. The number of rotatable bonds is 7. The third-order valence-corrected chi connectivity index (χ3v) is 3.40. The fourth-order valence-electron chi connectivity index (χ4n) is 2.31. The van der Waals surface area contributed by atoms with Crippen LogP contribution >= 0.6 is 0 Å². The van der Waals surface area contributed by atoms with Gasteiger partial charge >= 0.3 is 0 Å². The molecule has 0 aliphatic carbocycles. The molecule has 0 radical (unpaired) electrons. The third kappa shape index (κ3) is 3.48. The Balaban J connectivity index is 2.29. The second kappa shape index (κ2) is 7.40. The van der Waals surface area contributed by atoms with E-state index in [2.05, 4.69) is 5.32 Å². The number of methoxy groups -OCH3 is 3. The molecule has 0 amide bonds. The highest BCUT2D eigenvalue weighted by Crippen LogP contribution is 2.39. The molecule has 2 aromatic carbocycles. The third-order valence-electron chi connectivity index (χ3n) is 3.40. The van der Waals surface area contributed by atoms with Gasteiger partial charge in [0.05, 0.1) is 27.3 Å². The summed E-state index contributed by atoms with van der Waals surface area (Å²) in [5.41, 5.74) is 1.38. The lowest BCUT2D eigenvalue weighted by atomic mass is 10.1. The second-order valence-electron chi connectivity index (χ2n) is 4.68. The largest absolute Gasteiger partial charge is 0.545 e. The van der Waals surface area contributed by atoms with E-state index in [0.717, 1.165) is 5.56 Å². The highest BCUT2D eigenvalue weighted by Gasteiger charge is 2.15. The van der Waals surface area contributed by atoms with Crippen molar-refractivity contribution in [3.8, 4) is 17.2 Å². The first kappa shape index (κ1) is 16.5. The van der Waals surface area contributed by atoms with Gasteiger partial charge in [0, 0.05) is 23.4 Å². The van der Waals surface area contributed by atoms with E-state index in [4.69, 9.17) is 14.2 Å². The van der Waals surface area contributed by atoms with Gasteiger partial charge in [-0.2, -0.15) is 0 Å². The average molecular weight is 316 g/mol. The number of carbonyl (C=O) groups is 1. The molecule has 0 bridgehead atoms. The predicted octanol–water partition coefficient (Wildman–Crippen LogP) is 1.69. The molecule has 0 saturated carbocycles. The van der Waals surface area contributed by atoms with Crippen LogP contribution in [0.5, 0.6) is 17.2 Å². The van der Waals surface area contributed by atoms with Gasteiger partial charge in [-0.3, -0.25) is 0 Å². The van der Waals surface area contributed by atoms with E-state index < -0.39 is 5.97 Å². The summed E-state index contributed by atoms with van der Waals surface area (Å²) < 4.78 is 16.0. The van der Waals surface area contributed by atoms with Crippen LogP contribution in [0.1, 0.15) is 15.9 Å². The minimum atomic E-state index is -1.23. The Hall–Kier alpha value is -2.89. The van der Waals surface area contributed by atoms with Gasteiger partial charge in [0.15, 0.2) is 11.5 Å². The Morgan fingerprint density at radius 3 is 2.30 bits per heavy atom. The van der Waals surface area contributed by atoms with E-state index in [1.165, 1.54) is 20.3 Å². The summed E-state index contributed by atoms with van der Waals surface area (Å²) in [5, 5.41) is 14.2. The molecule has 0 aliphatic heterocycles. The summed E-state index contributed by atoms with van der Waals surface area (Å²) in [5.74, 6) is 0.350. The number of anilines is 1. The van der Waals surface area contributed by atoms with Gasteiger partial charge in [-0.15, -0.1) is 0 Å². The van der Waals surface area contributed by atoms with E-state index >= 15 is 0 Å². The molecule has 0 aromatic heterocycles. The summed E-state index contributed by atoms with van der Waals surface area (Å²) in [6.45, 7) is 0.355. The Labute approximate surface area is 134 Å². The zero-order valence-corrected chi connectivity index (χ0v) is 13.2. The number of ether oxygens (including phenoxy) is 3. The number of benzene rings is 2. The van der Waals surface area contributed by atoms with Crippen molar-refractivity contribution >= 4 is 11.7 Å². The lowest BCUT2D eigenvalue weighted by Crippen LogP contribution is -2.23. The van der Waals surface area contributed by atoms with Gasteiger partial charge in [-0.05, 0) is 18.2 Å². The monoisotopic (exact) mass is 316 g/mol. The van der Waals surface area contributed by atoms with Gasteiger partial charge in [0.25, 0.3) is 0 Å². The average Bonchev–Trinajstić information content (AvgIpc) is 2.58. The standard InChI is InChI=1S/C17H19NO5/c1-21-14-9-8-11(15(22-2)16(14)23-3)10-18-13-7-5-4-6-12(13)17(19)20/h4-9,18H,10H2,1-3H3,(H,19,20)/p-1. The van der Waals surface area contributed by atoms with Gasteiger partial charge in [0.1, 0.15) is 0 Å². The molecule has 1 N–H and O–H groups in total. The van der Waals surface area contributed by atoms with Crippen LogP contribution in [0.3, 0.4) is 0 Å². The maximum atomic E-state index is 11.1. The maximum absolute atomic E-state index is 11.1. The molecule has 2 rings (SSSR count). The smallest absolute Gasteiger partial charge is 0.203 e. The van der Waals surface area contributed by atoms with Crippen molar-refractivity contribution in [3.63, 3.8) is 0 Å². The molecule has 0 saturated heterocycles. The summed E-state index contributed by atoms with van der Waals surface area (Å²) in [7, 11) is 4.62. The zero-order valence-electron chi connectivity index (χ0n) is 13.2. The van der Waals surface area contributed by atoms with E-state index in [1.807, 2.05) is 6.07 Å². The molecule has 0 unspecified atom stereocenters. The number of para-hydroxylation sites is 1. The summed E-state index contributed by atoms with van der Waals surface area (Å²) >= 11 is 0. The number of carboxylic acids is 1. The second-order valence-corrected chi connectivity index (χ2v) is 4.68. The van der Waals surface area contributed by atoms with E-state index in [1.54, 1.807) is 31.4 Å². The van der Waals surface area contributed by atoms with Gasteiger partial charge < -0.3 is 29.4 Å². The molecular formula is C17H18NO5-. The first-order valence-corrected chi connectivity index (χ1v) is 6.94. The van der Waals surface area contributed by atoms with Crippen LogP contribution in [0.25, 0.3) is 0 Å². The van der Waals surface area contributed by atoms with Gasteiger partial charge in [-0.1, -0.05) is 18.2 Å². The van der Waals surface area contributed by atoms with E-state index in [0.29, 0.717) is 29.5 Å². The normalized spacial score (nSPS) is 10.0. The van der Waals surface area contributed by atoms with E-state index in [-0.39, 0.29) is 5.56 Å². The first-order valence-electron chi connectivity index (χ1n) is 6.94. The number of nitrogens with one attached hydrogen (secondary N) is 1. The maximum Gasteiger partial charge on any atom is 0.203 e. The molecular weight excluding hydrogens is 298 g/mol. The molecule has 0 atom stereocenters. The van der Waals surface area contributed by atoms with Crippen LogP contribution in [-0.2, 0) is 6.54 Å². The Morgan fingerprint density at radius 1 is 1.00 bits per heavy atom. The predicted molar refractivity (Wildman–Crippen MR) is 84.2 cm³/mol. The number of hydrogen-bond acceptors (Lipinski definition) is 6. The number of hydrogen-bond donors (Lipinski definition) is 1. The Bertz CT molecular complexity index is 699. The molecule has 6 nitrogen and oxygen atoms in total. The SMILES string of the molecule is COc1ccc(CNc2ccccc2C(=O)[O-])c(OC)c1OC. The van der Waals surface area contributed by atoms with Gasteiger partial charge in [-0.25, -0.2) is 0 Å². The molecule has 0 fully saturated rings. The summed E-state index contributed by atoms with van der Waals surface area (Å²) in [6.07, 6.45) is 0. The van der Waals surface area contributed by atoms with Crippen LogP contribution < -0.4 is 24.6 Å². The fraction of sp³-hybridized carbons (Fsp3) is 0.235. The van der Waals surface area contributed by atoms with E-state index in [9.17, 15) is 9.90 Å². The highest BCUT2D eigenvalue weighted by atomic mass is 16.5. The van der Waals surface area contributed by atoms with Crippen LogP contribution in [0, 0.1) is 0 Å². The molecule has 6 heteroatoms. The fourth-order valence-corrected chi connectivity index (χ4v) is 2.31. The molecule has 23 heavy (non-hydrogen) atoms. The van der Waals surface area contributed by atoms with Crippen molar-refractivity contribution in [2.75, 3.05) is 26.6 Å². The molecule has 0 heterocycles. The van der Waals surface area contributed by atoms with Crippen LogP contribution in [0.4, 0.5) is 5.69 Å². The van der Waals surface area contributed by atoms with Crippen LogP contribution in [0.2, 0.25) is 0 Å². The molecule has 2 aromatic rings. The highest BCUT2D eigenvalue weighted by molar-refractivity contribution is 5.92. The lowest BCUT2D eigenvalue weighted by Gasteiger charge is -2.17. The van der Waals surface area contributed by atoms with Crippen molar-refractivity contribution in [3.05, 3.63) is 47.5 Å². The quantitative estimate of drug-likeness (QED) is 0.837.